The van der Waals surface area contributed by atoms with Gasteiger partial charge in [-0.15, -0.1) is 0 Å². The van der Waals surface area contributed by atoms with Crippen LogP contribution >= 0.6 is 23.2 Å². The maximum absolute atomic E-state index is 6.12. The lowest BCUT2D eigenvalue weighted by atomic mass is 10.2. The molecule has 0 amide bonds. The second kappa shape index (κ2) is 5.08. The van der Waals surface area contributed by atoms with E-state index >= 15 is 0 Å². The summed E-state index contributed by atoms with van der Waals surface area (Å²) in [6.07, 6.45) is 0. The van der Waals surface area contributed by atoms with Crippen LogP contribution in [0.15, 0.2) is 54.6 Å². The Hall–Kier alpha value is -1.77. The molecule has 0 aliphatic rings. The van der Waals surface area contributed by atoms with Crippen LogP contribution in [0.2, 0.25) is 10.0 Å². The Morgan fingerprint density at radius 2 is 1.53 bits per heavy atom. The Kier molecular flexibility index (Phi) is 3.28. The Balaban J connectivity index is 2.01. The maximum atomic E-state index is 6.12. The first-order valence-electron chi connectivity index (χ1n) is 5.81. The fourth-order valence-electron chi connectivity index (χ4n) is 1.88. The van der Waals surface area contributed by atoms with Crippen LogP contribution < -0.4 is 5.32 Å². The molecular formula is C15H10Cl2N2. The molecule has 0 fully saturated rings. The fraction of sp³-hybridized carbons (Fsp3) is 0. The Labute approximate surface area is 121 Å². The second-order valence-electron chi connectivity index (χ2n) is 4.11. The normalized spacial score (nSPS) is 10.6. The van der Waals surface area contributed by atoms with Gasteiger partial charge in [-0.1, -0.05) is 47.5 Å². The van der Waals surface area contributed by atoms with E-state index in [9.17, 15) is 0 Å². The van der Waals surface area contributed by atoms with Crippen molar-refractivity contribution in [1.29, 1.82) is 0 Å². The smallest absolute Gasteiger partial charge is 0.131 e. The van der Waals surface area contributed by atoms with E-state index in [1.807, 2.05) is 42.5 Å². The molecule has 2 aromatic carbocycles. The van der Waals surface area contributed by atoms with E-state index in [4.69, 9.17) is 23.2 Å². The van der Waals surface area contributed by atoms with Crippen molar-refractivity contribution in [3.8, 4) is 0 Å². The Morgan fingerprint density at radius 1 is 0.789 bits per heavy atom. The van der Waals surface area contributed by atoms with Crippen LogP contribution in [0.3, 0.4) is 0 Å². The number of para-hydroxylation sites is 2. The van der Waals surface area contributed by atoms with Crippen molar-refractivity contribution in [2.45, 2.75) is 0 Å². The van der Waals surface area contributed by atoms with Crippen LogP contribution in [0.25, 0.3) is 10.9 Å². The van der Waals surface area contributed by atoms with E-state index in [1.165, 1.54) is 0 Å². The molecule has 0 bridgehead atoms. The number of benzene rings is 2. The molecule has 3 aromatic rings. The number of anilines is 2. The third-order valence-electron chi connectivity index (χ3n) is 2.81. The van der Waals surface area contributed by atoms with Crippen molar-refractivity contribution in [3.63, 3.8) is 0 Å². The summed E-state index contributed by atoms with van der Waals surface area (Å²) in [6, 6.07) is 17.2. The van der Waals surface area contributed by atoms with Gasteiger partial charge < -0.3 is 5.32 Å². The lowest BCUT2D eigenvalue weighted by Gasteiger charge is -2.10. The fourth-order valence-corrected chi connectivity index (χ4v) is 2.37. The van der Waals surface area contributed by atoms with Gasteiger partial charge in [-0.2, -0.15) is 0 Å². The molecule has 3 rings (SSSR count). The Morgan fingerprint density at radius 3 is 2.32 bits per heavy atom. The minimum absolute atomic E-state index is 0.572. The second-order valence-corrected chi connectivity index (χ2v) is 4.93. The number of hydrogen-bond acceptors (Lipinski definition) is 2. The van der Waals surface area contributed by atoms with Crippen LogP contribution in [-0.4, -0.2) is 4.98 Å². The van der Waals surface area contributed by atoms with Crippen molar-refractivity contribution in [1.82, 2.24) is 4.98 Å². The summed E-state index contributed by atoms with van der Waals surface area (Å²) in [4.78, 5) is 4.52. The predicted octanol–water partition coefficient (Wildman–Crippen LogP) is 5.29. The van der Waals surface area contributed by atoms with E-state index < -0.39 is 0 Å². The number of halogens is 2. The van der Waals surface area contributed by atoms with Gasteiger partial charge in [0, 0.05) is 5.39 Å². The molecule has 0 aliphatic carbocycles. The van der Waals surface area contributed by atoms with E-state index in [0.717, 1.165) is 10.9 Å². The number of aromatic nitrogens is 1. The van der Waals surface area contributed by atoms with Gasteiger partial charge in [0.05, 0.1) is 21.2 Å². The lowest BCUT2D eigenvalue weighted by molar-refractivity contribution is 1.37. The predicted molar refractivity (Wildman–Crippen MR) is 81.5 cm³/mol. The molecule has 0 saturated carbocycles. The highest BCUT2D eigenvalue weighted by atomic mass is 35.5. The number of nitrogens with one attached hydrogen (secondary N) is 1. The molecule has 1 aromatic heterocycles. The van der Waals surface area contributed by atoms with Crippen LogP contribution in [0.4, 0.5) is 11.5 Å². The minimum atomic E-state index is 0.572. The molecule has 1 heterocycles. The molecular weight excluding hydrogens is 279 g/mol. The van der Waals surface area contributed by atoms with Gasteiger partial charge in [-0.25, -0.2) is 4.98 Å². The average molecular weight is 289 g/mol. The highest BCUT2D eigenvalue weighted by Gasteiger charge is 2.06. The number of pyridine rings is 1. The first-order chi connectivity index (χ1) is 9.24. The summed E-state index contributed by atoms with van der Waals surface area (Å²) in [5.74, 6) is 0.716. The van der Waals surface area contributed by atoms with E-state index in [1.54, 1.807) is 12.1 Å². The van der Waals surface area contributed by atoms with Gasteiger partial charge in [0.25, 0.3) is 0 Å². The molecule has 2 nitrogen and oxygen atoms in total. The average Bonchev–Trinajstić information content (AvgIpc) is 2.43. The highest BCUT2D eigenvalue weighted by molar-refractivity contribution is 6.39. The number of fused-ring (bicyclic) bond motifs is 1. The van der Waals surface area contributed by atoms with Crippen molar-refractivity contribution >= 4 is 45.6 Å². The molecule has 0 unspecified atom stereocenters. The maximum Gasteiger partial charge on any atom is 0.131 e. The Bertz CT molecular complexity index is 721. The highest BCUT2D eigenvalue weighted by Crippen LogP contribution is 2.32. The molecule has 0 saturated heterocycles. The minimum Gasteiger partial charge on any atom is -0.338 e. The molecule has 0 atom stereocenters. The van der Waals surface area contributed by atoms with E-state index in [2.05, 4.69) is 10.3 Å². The standard InChI is InChI=1S/C15H10Cl2N2/c16-11-5-3-6-12(17)15(11)19-14-9-8-10-4-1-2-7-13(10)18-14/h1-9H,(H,18,19). The van der Waals surface area contributed by atoms with Crippen molar-refractivity contribution < 1.29 is 0 Å². The zero-order valence-corrected chi connectivity index (χ0v) is 11.4. The molecule has 0 aliphatic heterocycles. The summed E-state index contributed by atoms with van der Waals surface area (Å²) in [5, 5.41) is 5.40. The first-order valence-corrected chi connectivity index (χ1v) is 6.56. The van der Waals surface area contributed by atoms with Gasteiger partial charge in [0.2, 0.25) is 0 Å². The summed E-state index contributed by atoms with van der Waals surface area (Å²) in [6.45, 7) is 0. The molecule has 94 valence electrons. The van der Waals surface area contributed by atoms with Crippen molar-refractivity contribution in [2.24, 2.45) is 0 Å². The van der Waals surface area contributed by atoms with E-state index in [-0.39, 0.29) is 0 Å². The van der Waals surface area contributed by atoms with Crippen LogP contribution in [0.1, 0.15) is 0 Å². The zero-order valence-electron chi connectivity index (χ0n) is 9.90. The van der Waals surface area contributed by atoms with Crippen LogP contribution in [0, 0.1) is 0 Å². The SMILES string of the molecule is Clc1cccc(Cl)c1Nc1ccc2ccccc2n1. The van der Waals surface area contributed by atoms with Gasteiger partial charge in [0.15, 0.2) is 0 Å². The monoisotopic (exact) mass is 288 g/mol. The van der Waals surface area contributed by atoms with Crippen molar-refractivity contribution in [3.05, 3.63) is 64.6 Å². The quantitative estimate of drug-likeness (QED) is 0.693. The van der Waals surface area contributed by atoms with Gasteiger partial charge in [0.1, 0.15) is 5.82 Å². The van der Waals surface area contributed by atoms with Crippen molar-refractivity contribution in [2.75, 3.05) is 5.32 Å². The van der Waals surface area contributed by atoms with E-state index in [0.29, 0.717) is 21.6 Å². The largest absolute Gasteiger partial charge is 0.338 e. The first kappa shape index (κ1) is 12.3. The molecule has 1 N–H and O–H groups in total. The van der Waals surface area contributed by atoms with Gasteiger partial charge in [-0.05, 0) is 30.3 Å². The third-order valence-corrected chi connectivity index (χ3v) is 3.44. The number of rotatable bonds is 2. The lowest BCUT2D eigenvalue weighted by Crippen LogP contribution is -1.95. The molecule has 0 radical (unpaired) electrons. The van der Waals surface area contributed by atoms with Crippen LogP contribution in [0.5, 0.6) is 0 Å². The van der Waals surface area contributed by atoms with Crippen LogP contribution in [-0.2, 0) is 0 Å². The molecule has 0 spiro atoms. The number of nitrogens with zero attached hydrogens (tertiary/aromatic N) is 1. The topological polar surface area (TPSA) is 24.9 Å². The molecule has 19 heavy (non-hydrogen) atoms. The summed E-state index contributed by atoms with van der Waals surface area (Å²) < 4.78 is 0. The summed E-state index contributed by atoms with van der Waals surface area (Å²) in [7, 11) is 0. The third kappa shape index (κ3) is 2.50. The molecule has 4 heteroatoms. The van der Waals surface area contributed by atoms with Gasteiger partial charge >= 0.3 is 0 Å². The van der Waals surface area contributed by atoms with Gasteiger partial charge in [-0.3, -0.25) is 0 Å². The summed E-state index contributed by atoms with van der Waals surface area (Å²) >= 11 is 12.2. The zero-order chi connectivity index (χ0) is 13.2. The number of hydrogen-bond donors (Lipinski definition) is 1. The summed E-state index contributed by atoms with van der Waals surface area (Å²) in [5.41, 5.74) is 1.60.